The molecule has 0 bridgehead atoms. The third kappa shape index (κ3) is 2.75. The first kappa shape index (κ1) is 18.2. The number of ether oxygens (including phenoxy) is 5. The van der Waals surface area contributed by atoms with Gasteiger partial charge in [-0.3, -0.25) is 0 Å². The molecule has 0 N–H and O–H groups in total. The van der Waals surface area contributed by atoms with E-state index in [0.29, 0.717) is 6.61 Å². The number of rotatable bonds is 2. The highest BCUT2D eigenvalue weighted by Crippen LogP contribution is 2.51. The molecule has 5 heteroatoms. The van der Waals surface area contributed by atoms with Crippen LogP contribution in [0, 0.1) is 6.92 Å². The highest BCUT2D eigenvalue weighted by Gasteiger charge is 2.40. The van der Waals surface area contributed by atoms with Crippen molar-refractivity contribution in [2.75, 3.05) is 20.8 Å². The van der Waals surface area contributed by atoms with Gasteiger partial charge in [-0.2, -0.15) is 0 Å². The Hall–Kier alpha value is -2.82. The molecule has 3 aliphatic rings. The topological polar surface area (TPSA) is 46.2 Å². The molecule has 152 valence electrons. The van der Waals surface area contributed by atoms with Gasteiger partial charge in [0.15, 0.2) is 11.5 Å². The normalized spacial score (nSPS) is 22.7. The fourth-order valence-corrected chi connectivity index (χ4v) is 4.65. The molecule has 5 nitrogen and oxygen atoms in total. The molecule has 1 unspecified atom stereocenters. The second-order valence-corrected chi connectivity index (χ2v) is 8.44. The maximum atomic E-state index is 6.50. The van der Waals surface area contributed by atoms with E-state index < -0.39 is 0 Å². The molecule has 2 aromatic carbocycles. The lowest BCUT2D eigenvalue weighted by atomic mass is 9.81. The maximum Gasteiger partial charge on any atom is 0.167 e. The minimum Gasteiger partial charge on any atom is -0.493 e. The van der Waals surface area contributed by atoms with Gasteiger partial charge in [0.25, 0.3) is 0 Å². The first-order chi connectivity index (χ1) is 13.9. The van der Waals surface area contributed by atoms with Crippen molar-refractivity contribution in [2.24, 2.45) is 0 Å². The molecule has 2 aromatic rings. The average molecular weight is 394 g/mol. The largest absolute Gasteiger partial charge is 0.493 e. The Morgan fingerprint density at radius 3 is 2.69 bits per heavy atom. The van der Waals surface area contributed by atoms with Crippen LogP contribution >= 0.6 is 0 Å². The fourth-order valence-electron chi connectivity index (χ4n) is 4.65. The van der Waals surface area contributed by atoms with Crippen LogP contribution in [0.4, 0.5) is 0 Å². The molecular weight excluding hydrogens is 368 g/mol. The lowest BCUT2D eigenvalue weighted by Crippen LogP contribution is -2.40. The Labute approximate surface area is 171 Å². The highest BCUT2D eigenvalue weighted by atomic mass is 16.5. The van der Waals surface area contributed by atoms with Crippen molar-refractivity contribution in [3.8, 4) is 28.7 Å². The zero-order chi connectivity index (χ0) is 20.3. The number of benzene rings is 2. The van der Waals surface area contributed by atoms with Gasteiger partial charge in [-0.15, -0.1) is 0 Å². The van der Waals surface area contributed by atoms with Crippen molar-refractivity contribution in [3.63, 3.8) is 0 Å². The van der Waals surface area contributed by atoms with Crippen molar-refractivity contribution in [1.82, 2.24) is 0 Å². The van der Waals surface area contributed by atoms with Crippen molar-refractivity contribution < 1.29 is 23.7 Å². The number of hydrogen-bond acceptors (Lipinski definition) is 5. The van der Waals surface area contributed by atoms with Gasteiger partial charge < -0.3 is 23.7 Å². The molecule has 3 aliphatic heterocycles. The van der Waals surface area contributed by atoms with E-state index in [2.05, 4.69) is 38.1 Å². The first-order valence-corrected chi connectivity index (χ1v) is 10.0. The van der Waals surface area contributed by atoms with Crippen LogP contribution in [0.1, 0.15) is 42.0 Å². The van der Waals surface area contributed by atoms with Gasteiger partial charge in [-0.25, -0.2) is 0 Å². The van der Waals surface area contributed by atoms with Crippen LogP contribution in [-0.2, 0) is 6.42 Å². The van der Waals surface area contributed by atoms with E-state index in [0.717, 1.165) is 51.9 Å². The third-order valence-corrected chi connectivity index (χ3v) is 6.09. The quantitative estimate of drug-likeness (QED) is 0.740. The van der Waals surface area contributed by atoms with Gasteiger partial charge in [-0.05, 0) is 57.0 Å². The number of methoxy groups -OCH3 is 2. The molecule has 2 atom stereocenters. The molecular formula is C24H26O5. The Balaban J connectivity index is 1.58. The summed E-state index contributed by atoms with van der Waals surface area (Å²) in [5.41, 5.74) is 3.99. The molecule has 0 amide bonds. The molecule has 0 aliphatic carbocycles. The molecule has 0 radical (unpaired) electrons. The first-order valence-electron chi connectivity index (χ1n) is 10.0. The molecule has 3 heterocycles. The summed E-state index contributed by atoms with van der Waals surface area (Å²) >= 11 is 0. The second kappa shape index (κ2) is 6.34. The summed E-state index contributed by atoms with van der Waals surface area (Å²) in [4.78, 5) is 0. The van der Waals surface area contributed by atoms with E-state index in [-0.39, 0.29) is 17.6 Å². The summed E-state index contributed by atoms with van der Waals surface area (Å²) in [6.45, 7) is 6.63. The minimum absolute atomic E-state index is 0.0534. The van der Waals surface area contributed by atoms with Gasteiger partial charge in [0.1, 0.15) is 35.6 Å². The van der Waals surface area contributed by atoms with Crippen LogP contribution in [0.2, 0.25) is 0 Å². The summed E-state index contributed by atoms with van der Waals surface area (Å²) < 4.78 is 29.9. The minimum atomic E-state index is -0.307. The summed E-state index contributed by atoms with van der Waals surface area (Å²) in [6, 6.07) is 6.22. The predicted molar refractivity (Wildman–Crippen MR) is 111 cm³/mol. The summed E-state index contributed by atoms with van der Waals surface area (Å²) in [5.74, 6) is 4.32. The highest BCUT2D eigenvalue weighted by molar-refractivity contribution is 5.70. The number of hydrogen-bond donors (Lipinski definition) is 0. The van der Waals surface area contributed by atoms with Crippen LogP contribution in [0.15, 0.2) is 24.3 Å². The van der Waals surface area contributed by atoms with E-state index in [1.165, 1.54) is 5.56 Å². The Kier molecular flexibility index (Phi) is 3.99. The SMILES string of the molecule is COc1cc2c(c(C)c1OC)OCC1Oc3c(ccc4c3C=CC(C)(C)O4)C[C@@H]21. The number of fused-ring (bicyclic) bond motifs is 6. The summed E-state index contributed by atoms with van der Waals surface area (Å²) in [6.07, 6.45) is 5.03. The zero-order valence-electron chi connectivity index (χ0n) is 17.5. The van der Waals surface area contributed by atoms with Crippen molar-refractivity contribution >= 4 is 6.08 Å². The average Bonchev–Trinajstić information content (AvgIpc) is 2.71. The lowest BCUT2D eigenvalue weighted by molar-refractivity contribution is 0.0712. The molecule has 0 fully saturated rings. The monoisotopic (exact) mass is 394 g/mol. The summed E-state index contributed by atoms with van der Waals surface area (Å²) in [7, 11) is 3.32. The van der Waals surface area contributed by atoms with Gasteiger partial charge in [0, 0.05) is 17.0 Å². The fraction of sp³-hybridized carbons (Fsp3) is 0.417. The van der Waals surface area contributed by atoms with Crippen LogP contribution in [-0.4, -0.2) is 32.5 Å². The predicted octanol–water partition coefficient (Wildman–Crippen LogP) is 4.68. The van der Waals surface area contributed by atoms with E-state index >= 15 is 0 Å². The van der Waals surface area contributed by atoms with Crippen molar-refractivity contribution in [1.29, 1.82) is 0 Å². The molecule has 5 rings (SSSR count). The van der Waals surface area contributed by atoms with Crippen LogP contribution in [0.3, 0.4) is 0 Å². The standard InChI is InChI=1S/C24H26O5/c1-13-21-17(11-19(25-4)22(13)26-5)16-10-14-6-7-18-15(8-9-24(2,3)29-18)23(14)28-20(16)12-27-21/h6-9,11,16,20H,10,12H2,1-5H3/t16-,20?/m0/s1. The molecule has 0 saturated heterocycles. The summed E-state index contributed by atoms with van der Waals surface area (Å²) in [5, 5.41) is 0. The van der Waals surface area contributed by atoms with Gasteiger partial charge in [-0.1, -0.05) is 6.07 Å². The van der Waals surface area contributed by atoms with E-state index in [1.54, 1.807) is 14.2 Å². The lowest BCUT2D eigenvalue weighted by Gasteiger charge is -2.40. The van der Waals surface area contributed by atoms with Crippen LogP contribution < -0.4 is 23.7 Å². The van der Waals surface area contributed by atoms with E-state index in [9.17, 15) is 0 Å². The Bertz CT molecular complexity index is 1020. The van der Waals surface area contributed by atoms with Crippen LogP contribution in [0.25, 0.3) is 6.08 Å². The Morgan fingerprint density at radius 1 is 1.10 bits per heavy atom. The van der Waals surface area contributed by atoms with Crippen molar-refractivity contribution in [3.05, 3.63) is 46.5 Å². The smallest absolute Gasteiger partial charge is 0.167 e. The molecule has 29 heavy (non-hydrogen) atoms. The van der Waals surface area contributed by atoms with Crippen LogP contribution in [0.5, 0.6) is 28.7 Å². The van der Waals surface area contributed by atoms with Gasteiger partial charge in [0.2, 0.25) is 0 Å². The molecule has 0 aromatic heterocycles. The zero-order valence-corrected chi connectivity index (χ0v) is 17.5. The molecule has 0 spiro atoms. The van der Waals surface area contributed by atoms with Gasteiger partial charge >= 0.3 is 0 Å². The second-order valence-electron chi connectivity index (χ2n) is 8.44. The maximum absolute atomic E-state index is 6.50. The van der Waals surface area contributed by atoms with E-state index in [4.69, 9.17) is 23.7 Å². The Morgan fingerprint density at radius 2 is 1.93 bits per heavy atom. The third-order valence-electron chi connectivity index (χ3n) is 6.09. The van der Waals surface area contributed by atoms with Crippen molar-refractivity contribution in [2.45, 2.75) is 44.8 Å². The van der Waals surface area contributed by atoms with Gasteiger partial charge in [0.05, 0.1) is 19.8 Å². The molecule has 0 saturated carbocycles. The van der Waals surface area contributed by atoms with E-state index in [1.807, 2.05) is 13.0 Å².